The number of nitrogens with zero attached hydrogens (tertiary/aromatic N) is 1. The highest BCUT2D eigenvalue weighted by atomic mass is 35.5. The van der Waals surface area contributed by atoms with Crippen LogP contribution in [-0.2, 0) is 0 Å². The SMILES string of the molecule is CCCNCCNC(=O)c1cccc(NC(=O)N(C)C)c1.Cl. The minimum atomic E-state index is -0.226. The first-order chi connectivity index (χ1) is 10.0. The highest BCUT2D eigenvalue weighted by Crippen LogP contribution is 2.11. The van der Waals surface area contributed by atoms with Crippen LogP contribution in [-0.4, -0.2) is 50.6 Å². The number of hydrogen-bond donors (Lipinski definition) is 3. The summed E-state index contributed by atoms with van der Waals surface area (Å²) in [4.78, 5) is 25.0. The lowest BCUT2D eigenvalue weighted by Crippen LogP contribution is -2.32. The molecule has 124 valence electrons. The standard InChI is InChI=1S/C15H24N4O2.ClH/c1-4-8-16-9-10-17-14(20)12-6-5-7-13(11-12)18-15(21)19(2)3;/h5-7,11,16H,4,8-10H2,1-3H3,(H,17,20)(H,18,21);1H. The summed E-state index contributed by atoms with van der Waals surface area (Å²) >= 11 is 0. The molecule has 1 aromatic rings. The van der Waals surface area contributed by atoms with Gasteiger partial charge in [-0.25, -0.2) is 4.79 Å². The van der Waals surface area contributed by atoms with Gasteiger partial charge in [-0.15, -0.1) is 12.4 Å². The van der Waals surface area contributed by atoms with Crippen molar-refractivity contribution < 1.29 is 9.59 Å². The van der Waals surface area contributed by atoms with E-state index in [0.717, 1.165) is 19.5 Å². The fourth-order valence-corrected chi connectivity index (χ4v) is 1.64. The summed E-state index contributed by atoms with van der Waals surface area (Å²) in [6.45, 7) is 4.37. The highest BCUT2D eigenvalue weighted by Gasteiger charge is 2.08. The molecule has 7 heteroatoms. The molecule has 22 heavy (non-hydrogen) atoms. The summed E-state index contributed by atoms with van der Waals surface area (Å²) < 4.78 is 0. The summed E-state index contributed by atoms with van der Waals surface area (Å²) in [5.74, 6) is -0.144. The van der Waals surface area contributed by atoms with E-state index in [4.69, 9.17) is 0 Å². The molecule has 0 fully saturated rings. The number of halogens is 1. The van der Waals surface area contributed by atoms with Gasteiger partial charge in [0.25, 0.3) is 5.91 Å². The van der Waals surface area contributed by atoms with Gasteiger partial charge in [0.1, 0.15) is 0 Å². The Morgan fingerprint density at radius 1 is 1.14 bits per heavy atom. The van der Waals surface area contributed by atoms with Crippen LogP contribution in [0.1, 0.15) is 23.7 Å². The second-order valence-corrected chi connectivity index (χ2v) is 4.91. The Kier molecular flexibility index (Phi) is 9.98. The van der Waals surface area contributed by atoms with E-state index >= 15 is 0 Å². The van der Waals surface area contributed by atoms with E-state index in [1.54, 1.807) is 38.4 Å². The minimum Gasteiger partial charge on any atom is -0.351 e. The second-order valence-electron chi connectivity index (χ2n) is 4.91. The average Bonchev–Trinajstić information content (AvgIpc) is 2.47. The van der Waals surface area contributed by atoms with E-state index in [-0.39, 0.29) is 24.3 Å². The number of carbonyl (C=O) groups is 2. The van der Waals surface area contributed by atoms with Crippen LogP contribution < -0.4 is 16.0 Å². The van der Waals surface area contributed by atoms with Crippen LogP contribution in [0.5, 0.6) is 0 Å². The Morgan fingerprint density at radius 2 is 1.86 bits per heavy atom. The fraction of sp³-hybridized carbons (Fsp3) is 0.467. The summed E-state index contributed by atoms with van der Waals surface area (Å²) in [7, 11) is 3.32. The van der Waals surface area contributed by atoms with Gasteiger partial charge < -0.3 is 20.9 Å². The van der Waals surface area contributed by atoms with Crippen LogP contribution in [0.25, 0.3) is 0 Å². The topological polar surface area (TPSA) is 73.5 Å². The Labute approximate surface area is 138 Å². The Bertz CT molecular complexity index is 480. The monoisotopic (exact) mass is 328 g/mol. The number of hydrogen-bond acceptors (Lipinski definition) is 3. The number of urea groups is 1. The van der Waals surface area contributed by atoms with Crippen molar-refractivity contribution in [3.8, 4) is 0 Å². The molecule has 1 aromatic carbocycles. The highest BCUT2D eigenvalue weighted by molar-refractivity contribution is 5.96. The second kappa shape index (κ2) is 10.9. The maximum absolute atomic E-state index is 12.0. The van der Waals surface area contributed by atoms with Crippen LogP contribution in [0, 0.1) is 0 Å². The first-order valence-electron chi connectivity index (χ1n) is 7.12. The van der Waals surface area contributed by atoms with Gasteiger partial charge in [0, 0.05) is 38.4 Å². The minimum absolute atomic E-state index is 0. The molecule has 0 bridgehead atoms. The molecule has 0 saturated carbocycles. The van der Waals surface area contributed by atoms with Crippen LogP contribution in [0.3, 0.4) is 0 Å². The lowest BCUT2D eigenvalue weighted by Gasteiger charge is -2.12. The predicted octanol–water partition coefficient (Wildman–Crippen LogP) is 1.93. The number of benzene rings is 1. The van der Waals surface area contributed by atoms with E-state index in [2.05, 4.69) is 22.9 Å². The van der Waals surface area contributed by atoms with Crippen molar-refractivity contribution in [2.75, 3.05) is 39.0 Å². The molecule has 6 nitrogen and oxygen atoms in total. The van der Waals surface area contributed by atoms with Crippen molar-refractivity contribution in [2.24, 2.45) is 0 Å². The number of nitrogens with one attached hydrogen (secondary N) is 3. The average molecular weight is 329 g/mol. The molecule has 0 saturated heterocycles. The maximum Gasteiger partial charge on any atom is 0.321 e. The van der Waals surface area contributed by atoms with Crippen molar-refractivity contribution in [1.29, 1.82) is 0 Å². The van der Waals surface area contributed by atoms with Gasteiger partial charge in [-0.3, -0.25) is 4.79 Å². The number of amides is 3. The molecule has 0 aliphatic carbocycles. The van der Waals surface area contributed by atoms with Gasteiger partial charge in [-0.05, 0) is 31.2 Å². The van der Waals surface area contributed by atoms with Gasteiger partial charge in [-0.1, -0.05) is 13.0 Å². The van der Waals surface area contributed by atoms with Crippen molar-refractivity contribution in [1.82, 2.24) is 15.5 Å². The first-order valence-corrected chi connectivity index (χ1v) is 7.12. The van der Waals surface area contributed by atoms with Gasteiger partial charge in [0.15, 0.2) is 0 Å². The largest absolute Gasteiger partial charge is 0.351 e. The lowest BCUT2D eigenvalue weighted by molar-refractivity contribution is 0.0954. The van der Waals surface area contributed by atoms with Crippen LogP contribution in [0.4, 0.5) is 10.5 Å². The zero-order valence-electron chi connectivity index (χ0n) is 13.3. The van der Waals surface area contributed by atoms with Gasteiger partial charge >= 0.3 is 6.03 Å². The zero-order valence-corrected chi connectivity index (χ0v) is 14.1. The number of anilines is 1. The summed E-state index contributed by atoms with van der Waals surface area (Å²) in [5.41, 5.74) is 1.13. The molecule has 3 N–H and O–H groups in total. The molecular formula is C15H25ClN4O2. The molecule has 0 aromatic heterocycles. The predicted molar refractivity (Wildman–Crippen MR) is 91.9 cm³/mol. The third kappa shape index (κ3) is 7.28. The third-order valence-electron chi connectivity index (χ3n) is 2.80. The fourth-order valence-electron chi connectivity index (χ4n) is 1.64. The van der Waals surface area contributed by atoms with Crippen molar-refractivity contribution in [3.05, 3.63) is 29.8 Å². The molecule has 0 aliphatic rings. The number of rotatable bonds is 7. The van der Waals surface area contributed by atoms with Crippen molar-refractivity contribution in [3.63, 3.8) is 0 Å². The van der Waals surface area contributed by atoms with Gasteiger partial charge in [-0.2, -0.15) is 0 Å². The Morgan fingerprint density at radius 3 is 2.50 bits per heavy atom. The number of carbonyl (C=O) groups excluding carboxylic acids is 2. The smallest absolute Gasteiger partial charge is 0.321 e. The third-order valence-corrected chi connectivity index (χ3v) is 2.80. The Hall–Kier alpha value is -1.79. The molecule has 0 unspecified atom stereocenters. The summed E-state index contributed by atoms with van der Waals surface area (Å²) in [6, 6.07) is 6.66. The van der Waals surface area contributed by atoms with E-state index in [9.17, 15) is 9.59 Å². The van der Waals surface area contributed by atoms with Crippen LogP contribution >= 0.6 is 12.4 Å². The molecule has 0 atom stereocenters. The van der Waals surface area contributed by atoms with E-state index in [0.29, 0.717) is 17.8 Å². The summed E-state index contributed by atoms with van der Waals surface area (Å²) in [6.07, 6.45) is 1.07. The Balaban J connectivity index is 0.00000441. The van der Waals surface area contributed by atoms with E-state index in [1.165, 1.54) is 4.90 Å². The van der Waals surface area contributed by atoms with Crippen molar-refractivity contribution in [2.45, 2.75) is 13.3 Å². The van der Waals surface area contributed by atoms with Crippen LogP contribution in [0.2, 0.25) is 0 Å². The van der Waals surface area contributed by atoms with Gasteiger partial charge in [0.2, 0.25) is 0 Å². The molecule has 1 rings (SSSR count). The first kappa shape index (κ1) is 20.2. The molecular weight excluding hydrogens is 304 g/mol. The van der Waals surface area contributed by atoms with Gasteiger partial charge in [0.05, 0.1) is 0 Å². The quantitative estimate of drug-likeness (QED) is 0.670. The maximum atomic E-state index is 12.0. The molecule has 0 spiro atoms. The van der Waals surface area contributed by atoms with Crippen LogP contribution in [0.15, 0.2) is 24.3 Å². The van der Waals surface area contributed by atoms with Crippen molar-refractivity contribution >= 4 is 30.0 Å². The molecule has 0 radical (unpaired) electrons. The van der Waals surface area contributed by atoms with E-state index in [1.807, 2.05) is 0 Å². The van der Waals surface area contributed by atoms with E-state index < -0.39 is 0 Å². The molecule has 0 heterocycles. The summed E-state index contributed by atoms with van der Waals surface area (Å²) in [5, 5.41) is 8.77. The normalized spacial score (nSPS) is 9.59. The molecule has 0 aliphatic heterocycles. The lowest BCUT2D eigenvalue weighted by atomic mass is 10.2. The zero-order chi connectivity index (χ0) is 15.7. The molecule has 3 amide bonds.